The molecule has 3 nitrogen and oxygen atoms in total. The fourth-order valence-corrected chi connectivity index (χ4v) is 4.18. The molecule has 128 valence electrons. The van der Waals surface area contributed by atoms with Gasteiger partial charge in [0.1, 0.15) is 10.8 Å². The van der Waals surface area contributed by atoms with Crippen molar-refractivity contribution < 1.29 is 9.90 Å². The van der Waals surface area contributed by atoms with E-state index in [4.69, 9.17) is 11.6 Å². The maximum Gasteiger partial charge on any atom is 0.170 e. The van der Waals surface area contributed by atoms with Crippen molar-refractivity contribution in [2.24, 2.45) is 4.99 Å². The van der Waals surface area contributed by atoms with Gasteiger partial charge in [-0.1, -0.05) is 65.8 Å². The molecule has 1 heterocycles. The van der Waals surface area contributed by atoms with Crippen molar-refractivity contribution in [1.29, 1.82) is 0 Å². The maximum absolute atomic E-state index is 12.8. The van der Waals surface area contributed by atoms with Gasteiger partial charge in [0.15, 0.2) is 5.78 Å². The molecule has 0 amide bonds. The highest BCUT2D eigenvalue weighted by atomic mass is 35.5. The van der Waals surface area contributed by atoms with E-state index >= 15 is 0 Å². The van der Waals surface area contributed by atoms with E-state index in [9.17, 15) is 9.90 Å². The Morgan fingerprint density at radius 1 is 1.20 bits per heavy atom. The number of carbonyl (C=O) groups excluding carboxylic acids is 1. The summed E-state index contributed by atoms with van der Waals surface area (Å²) in [5.41, 5.74) is 1.98. The molecule has 0 unspecified atom stereocenters. The quantitative estimate of drug-likeness (QED) is 0.574. The van der Waals surface area contributed by atoms with Gasteiger partial charge in [-0.3, -0.25) is 9.79 Å². The minimum atomic E-state index is -0.0905. The molecule has 1 aliphatic rings. The summed E-state index contributed by atoms with van der Waals surface area (Å²) in [5, 5.41) is 11.9. The van der Waals surface area contributed by atoms with E-state index in [1.165, 1.54) is 11.8 Å². The van der Waals surface area contributed by atoms with E-state index in [0.717, 1.165) is 5.56 Å². The number of aliphatic imine (C=N–C) groups is 1. The first kappa shape index (κ1) is 17.8. The molecule has 0 radical (unpaired) electrons. The van der Waals surface area contributed by atoms with E-state index in [1.807, 2.05) is 49.4 Å². The predicted octanol–water partition coefficient (Wildman–Crippen LogP) is 5.47. The van der Waals surface area contributed by atoms with Crippen LogP contribution in [0, 0.1) is 0 Å². The van der Waals surface area contributed by atoms with Crippen LogP contribution in [0.2, 0.25) is 5.02 Å². The van der Waals surface area contributed by atoms with Gasteiger partial charge in [-0.15, -0.1) is 0 Å². The Balaban J connectivity index is 1.98. The summed E-state index contributed by atoms with van der Waals surface area (Å²) in [6.07, 6.45) is 0.321. The fraction of sp³-hybridized carbons (Fsp3) is 0.200. The monoisotopic (exact) mass is 371 g/mol. The van der Waals surface area contributed by atoms with Gasteiger partial charge in [-0.25, -0.2) is 0 Å². The molecule has 1 atom stereocenters. The van der Waals surface area contributed by atoms with E-state index in [-0.39, 0.29) is 16.8 Å². The zero-order valence-corrected chi connectivity index (χ0v) is 15.3. The second-order valence-corrected chi connectivity index (χ2v) is 7.28. The molecule has 3 rings (SSSR count). The third kappa shape index (κ3) is 3.97. The topological polar surface area (TPSA) is 49.7 Å². The summed E-state index contributed by atoms with van der Waals surface area (Å²) in [7, 11) is 0. The van der Waals surface area contributed by atoms with Crippen LogP contribution in [0.5, 0.6) is 0 Å². The molecular formula is C20H18ClNO2S. The second-order valence-electron chi connectivity index (χ2n) is 5.65. The van der Waals surface area contributed by atoms with Crippen LogP contribution in [0.15, 0.2) is 65.2 Å². The zero-order chi connectivity index (χ0) is 17.8. The van der Waals surface area contributed by atoms with E-state index in [1.54, 1.807) is 12.1 Å². The highest BCUT2D eigenvalue weighted by Crippen LogP contribution is 2.42. The first-order chi connectivity index (χ1) is 12.1. The number of hydrogen-bond acceptors (Lipinski definition) is 4. The number of halogens is 1. The van der Waals surface area contributed by atoms with Gasteiger partial charge in [0.25, 0.3) is 0 Å². The summed E-state index contributed by atoms with van der Waals surface area (Å²) < 4.78 is 0. The average molecular weight is 372 g/mol. The Bertz CT molecular complexity index is 829. The van der Waals surface area contributed by atoms with Crippen molar-refractivity contribution in [2.45, 2.75) is 18.6 Å². The van der Waals surface area contributed by atoms with Gasteiger partial charge in [-0.05, 0) is 24.6 Å². The van der Waals surface area contributed by atoms with Crippen molar-refractivity contribution in [3.05, 3.63) is 76.3 Å². The van der Waals surface area contributed by atoms with Crippen LogP contribution in [-0.2, 0) is 4.79 Å². The fourth-order valence-electron chi connectivity index (χ4n) is 2.72. The van der Waals surface area contributed by atoms with E-state index in [2.05, 4.69) is 4.99 Å². The third-order valence-electron chi connectivity index (χ3n) is 3.94. The van der Waals surface area contributed by atoms with Crippen LogP contribution in [0.1, 0.15) is 29.7 Å². The number of thioether (sulfide) groups is 1. The van der Waals surface area contributed by atoms with Gasteiger partial charge in [0.2, 0.25) is 0 Å². The summed E-state index contributed by atoms with van der Waals surface area (Å²) in [4.78, 5) is 17.3. The van der Waals surface area contributed by atoms with Crippen LogP contribution < -0.4 is 0 Å². The highest BCUT2D eigenvalue weighted by Gasteiger charge is 2.33. The molecule has 25 heavy (non-hydrogen) atoms. The number of rotatable bonds is 3. The standard InChI is InChI=1S/C20H18ClNO2S/c1-2-22-20-18(19(24)14-6-4-3-5-7-14)16(23)12-17(25-20)13-8-10-15(21)11-9-13/h3-11,17,24H,2,12H2,1H3/t17-/m1/s1. The van der Waals surface area contributed by atoms with E-state index < -0.39 is 0 Å². The predicted molar refractivity (Wildman–Crippen MR) is 105 cm³/mol. The first-order valence-electron chi connectivity index (χ1n) is 8.09. The van der Waals surface area contributed by atoms with Crippen LogP contribution in [0.4, 0.5) is 0 Å². The minimum Gasteiger partial charge on any atom is -0.506 e. The number of nitrogens with zero attached hydrogens (tertiary/aromatic N) is 1. The molecule has 0 aliphatic carbocycles. The zero-order valence-electron chi connectivity index (χ0n) is 13.8. The van der Waals surface area contributed by atoms with Crippen LogP contribution in [0.3, 0.4) is 0 Å². The molecule has 2 aromatic rings. The van der Waals surface area contributed by atoms with E-state index in [0.29, 0.717) is 34.2 Å². The van der Waals surface area contributed by atoms with Crippen molar-refractivity contribution >= 4 is 39.9 Å². The van der Waals surface area contributed by atoms with Gasteiger partial charge < -0.3 is 5.11 Å². The molecule has 1 fully saturated rings. The molecule has 2 aromatic carbocycles. The number of ketones is 1. The average Bonchev–Trinajstić information content (AvgIpc) is 2.62. The number of aliphatic hydroxyl groups is 1. The van der Waals surface area contributed by atoms with Crippen molar-refractivity contribution in [1.82, 2.24) is 0 Å². The Morgan fingerprint density at radius 2 is 1.88 bits per heavy atom. The molecule has 0 aromatic heterocycles. The lowest BCUT2D eigenvalue weighted by Crippen LogP contribution is -2.22. The number of benzene rings is 2. The Morgan fingerprint density at radius 3 is 2.52 bits per heavy atom. The van der Waals surface area contributed by atoms with Crippen LogP contribution in [-0.4, -0.2) is 22.5 Å². The molecular weight excluding hydrogens is 354 g/mol. The summed E-state index contributed by atoms with van der Waals surface area (Å²) in [5.74, 6) is -0.0906. The molecule has 0 bridgehead atoms. The third-order valence-corrected chi connectivity index (χ3v) is 5.48. The summed E-state index contributed by atoms with van der Waals surface area (Å²) in [6.45, 7) is 2.47. The van der Waals surface area contributed by atoms with Gasteiger partial charge in [-0.2, -0.15) is 0 Å². The van der Waals surface area contributed by atoms with Gasteiger partial charge >= 0.3 is 0 Å². The first-order valence-corrected chi connectivity index (χ1v) is 9.34. The Hall–Kier alpha value is -2.04. The summed E-state index contributed by atoms with van der Waals surface area (Å²) in [6, 6.07) is 16.6. The lowest BCUT2D eigenvalue weighted by Gasteiger charge is -2.25. The molecule has 0 saturated carbocycles. The van der Waals surface area contributed by atoms with Gasteiger partial charge in [0, 0.05) is 28.8 Å². The number of carbonyl (C=O) groups is 1. The smallest absolute Gasteiger partial charge is 0.170 e. The number of Topliss-reactive ketones (excluding diaryl/α,β-unsaturated/α-hetero) is 1. The van der Waals surface area contributed by atoms with Crippen molar-refractivity contribution in [3.63, 3.8) is 0 Å². The lowest BCUT2D eigenvalue weighted by atomic mass is 9.99. The molecule has 1 N–H and O–H groups in total. The number of aliphatic hydroxyl groups excluding tert-OH is 1. The second kappa shape index (κ2) is 7.89. The Kier molecular flexibility index (Phi) is 5.61. The molecule has 1 saturated heterocycles. The highest BCUT2D eigenvalue weighted by molar-refractivity contribution is 8.14. The minimum absolute atomic E-state index is 0.000133. The molecule has 0 spiro atoms. The largest absolute Gasteiger partial charge is 0.506 e. The molecule has 5 heteroatoms. The normalized spacial score (nSPS) is 21.4. The van der Waals surface area contributed by atoms with Crippen molar-refractivity contribution in [2.75, 3.05) is 6.54 Å². The maximum atomic E-state index is 12.8. The Labute approximate surface area is 156 Å². The van der Waals surface area contributed by atoms with Crippen LogP contribution in [0.25, 0.3) is 5.76 Å². The van der Waals surface area contributed by atoms with Crippen LogP contribution >= 0.6 is 23.4 Å². The SMILES string of the molecule is CCN=C1S[C@@H](c2ccc(Cl)cc2)CC(=O)C1=C(O)c1ccccc1. The van der Waals surface area contributed by atoms with Gasteiger partial charge in [0.05, 0.1) is 5.57 Å². The molecule has 1 aliphatic heterocycles. The summed E-state index contributed by atoms with van der Waals surface area (Å²) >= 11 is 7.47. The lowest BCUT2D eigenvalue weighted by molar-refractivity contribution is -0.115. The van der Waals surface area contributed by atoms with Crippen molar-refractivity contribution in [3.8, 4) is 0 Å². The number of hydrogen-bond donors (Lipinski definition) is 1.